The van der Waals surface area contributed by atoms with Gasteiger partial charge >= 0.3 is 0 Å². The zero-order valence-corrected chi connectivity index (χ0v) is 10.6. The lowest BCUT2D eigenvalue weighted by Gasteiger charge is -2.09. The molecule has 0 unspecified atom stereocenters. The van der Waals surface area contributed by atoms with Crippen LogP contribution in [0, 0.1) is 0 Å². The molecule has 0 aliphatic heterocycles. The molecule has 3 N–H and O–H groups in total. The van der Waals surface area contributed by atoms with Crippen molar-refractivity contribution in [3.63, 3.8) is 0 Å². The van der Waals surface area contributed by atoms with Gasteiger partial charge in [-0.2, -0.15) is 0 Å². The van der Waals surface area contributed by atoms with E-state index in [-0.39, 0.29) is 0 Å². The smallest absolute Gasteiger partial charge is 0.0639 e. The number of anilines is 2. The van der Waals surface area contributed by atoms with Crippen molar-refractivity contribution in [3.8, 4) is 0 Å². The fraction of sp³-hybridized carbons (Fsp3) is 0.0769. The molecule has 0 aliphatic rings. The number of hydrogen-bond donors (Lipinski definition) is 2. The van der Waals surface area contributed by atoms with E-state index in [0.717, 1.165) is 16.3 Å². The van der Waals surface area contributed by atoms with Crippen molar-refractivity contribution in [2.24, 2.45) is 0 Å². The van der Waals surface area contributed by atoms with E-state index in [1.807, 2.05) is 30.3 Å². The van der Waals surface area contributed by atoms with Crippen molar-refractivity contribution in [1.29, 1.82) is 0 Å². The van der Waals surface area contributed by atoms with Crippen LogP contribution >= 0.6 is 23.2 Å². The van der Waals surface area contributed by atoms with E-state index in [4.69, 9.17) is 28.9 Å². The van der Waals surface area contributed by atoms with Crippen molar-refractivity contribution in [2.75, 3.05) is 11.1 Å². The molecule has 0 saturated carbocycles. The Morgan fingerprint density at radius 3 is 2.41 bits per heavy atom. The molecular formula is C13H12Cl2N2. The van der Waals surface area contributed by atoms with Gasteiger partial charge in [-0.3, -0.25) is 0 Å². The number of rotatable bonds is 3. The monoisotopic (exact) mass is 266 g/mol. The van der Waals surface area contributed by atoms with Gasteiger partial charge in [-0.25, -0.2) is 0 Å². The van der Waals surface area contributed by atoms with Crippen molar-refractivity contribution < 1.29 is 0 Å². The number of nitrogens with one attached hydrogen (secondary N) is 1. The maximum Gasteiger partial charge on any atom is 0.0639 e. The minimum Gasteiger partial charge on any atom is -0.399 e. The first-order valence-corrected chi connectivity index (χ1v) is 5.94. The molecule has 2 aromatic carbocycles. The first-order valence-electron chi connectivity index (χ1n) is 5.18. The standard InChI is InChI=1S/C13H12Cl2N2/c14-10-3-1-9(2-4-10)8-17-13-7-11(16)5-6-12(13)15/h1-7,17H,8,16H2. The highest BCUT2D eigenvalue weighted by Crippen LogP contribution is 2.24. The molecule has 2 aromatic rings. The molecule has 88 valence electrons. The van der Waals surface area contributed by atoms with Gasteiger partial charge in [0.05, 0.1) is 10.7 Å². The van der Waals surface area contributed by atoms with Crippen molar-refractivity contribution >= 4 is 34.6 Å². The molecule has 0 aromatic heterocycles. The summed E-state index contributed by atoms with van der Waals surface area (Å²) in [5.41, 5.74) is 8.36. The summed E-state index contributed by atoms with van der Waals surface area (Å²) >= 11 is 11.9. The first kappa shape index (κ1) is 12.1. The number of hydrogen-bond acceptors (Lipinski definition) is 2. The fourth-order valence-corrected chi connectivity index (χ4v) is 1.79. The number of nitrogen functional groups attached to an aromatic ring is 1. The lowest BCUT2D eigenvalue weighted by Crippen LogP contribution is -2.00. The van der Waals surface area contributed by atoms with E-state index in [2.05, 4.69) is 5.32 Å². The highest BCUT2D eigenvalue weighted by atomic mass is 35.5. The SMILES string of the molecule is Nc1ccc(Cl)c(NCc2ccc(Cl)cc2)c1. The molecule has 0 spiro atoms. The van der Waals surface area contributed by atoms with E-state index < -0.39 is 0 Å². The van der Waals surface area contributed by atoms with Gasteiger partial charge in [0, 0.05) is 17.3 Å². The summed E-state index contributed by atoms with van der Waals surface area (Å²) in [4.78, 5) is 0. The first-order chi connectivity index (χ1) is 8.15. The van der Waals surface area contributed by atoms with Crippen LogP contribution in [-0.2, 0) is 6.54 Å². The lowest BCUT2D eigenvalue weighted by molar-refractivity contribution is 1.15. The maximum atomic E-state index is 6.05. The number of halogens is 2. The molecule has 17 heavy (non-hydrogen) atoms. The van der Waals surface area contributed by atoms with Crippen LogP contribution in [-0.4, -0.2) is 0 Å². The largest absolute Gasteiger partial charge is 0.399 e. The second-order valence-electron chi connectivity index (χ2n) is 3.72. The topological polar surface area (TPSA) is 38.0 Å². The quantitative estimate of drug-likeness (QED) is 0.818. The highest BCUT2D eigenvalue weighted by molar-refractivity contribution is 6.33. The zero-order valence-electron chi connectivity index (χ0n) is 9.08. The van der Waals surface area contributed by atoms with E-state index >= 15 is 0 Å². The van der Waals surface area contributed by atoms with E-state index in [1.54, 1.807) is 12.1 Å². The molecule has 2 rings (SSSR count). The summed E-state index contributed by atoms with van der Waals surface area (Å²) in [6.45, 7) is 0.681. The van der Waals surface area contributed by atoms with E-state index in [1.165, 1.54) is 0 Å². The van der Waals surface area contributed by atoms with Crippen LogP contribution < -0.4 is 11.1 Å². The maximum absolute atomic E-state index is 6.05. The second-order valence-corrected chi connectivity index (χ2v) is 4.56. The molecule has 2 nitrogen and oxygen atoms in total. The van der Waals surface area contributed by atoms with Gasteiger partial charge < -0.3 is 11.1 Å². The van der Waals surface area contributed by atoms with Gasteiger partial charge in [-0.1, -0.05) is 35.3 Å². The van der Waals surface area contributed by atoms with E-state index in [0.29, 0.717) is 17.3 Å². The van der Waals surface area contributed by atoms with Crippen molar-refractivity contribution in [2.45, 2.75) is 6.54 Å². The summed E-state index contributed by atoms with van der Waals surface area (Å²) in [6, 6.07) is 13.0. The Hall–Kier alpha value is -1.38. The highest BCUT2D eigenvalue weighted by Gasteiger charge is 2.00. The minimum atomic E-state index is 0.660. The Labute approximate surface area is 110 Å². The van der Waals surface area contributed by atoms with Gasteiger partial charge in [0.15, 0.2) is 0 Å². The lowest BCUT2D eigenvalue weighted by atomic mass is 10.2. The molecule has 0 aliphatic carbocycles. The third-order valence-corrected chi connectivity index (χ3v) is 2.97. The van der Waals surface area contributed by atoms with Crippen LogP contribution in [0.3, 0.4) is 0 Å². The van der Waals surface area contributed by atoms with Crippen LogP contribution in [0.15, 0.2) is 42.5 Å². The minimum absolute atomic E-state index is 0.660. The van der Waals surface area contributed by atoms with Gasteiger partial charge in [-0.15, -0.1) is 0 Å². The predicted octanol–water partition coefficient (Wildman–Crippen LogP) is 4.19. The summed E-state index contributed by atoms with van der Waals surface area (Å²) in [7, 11) is 0. The normalized spacial score (nSPS) is 10.2. The molecule has 4 heteroatoms. The number of nitrogens with two attached hydrogens (primary N) is 1. The molecule has 0 radical (unpaired) electrons. The molecule has 0 bridgehead atoms. The summed E-state index contributed by atoms with van der Waals surface area (Å²) < 4.78 is 0. The predicted molar refractivity (Wildman–Crippen MR) is 74.6 cm³/mol. The third kappa shape index (κ3) is 3.29. The molecule has 0 fully saturated rings. The molecular weight excluding hydrogens is 255 g/mol. The molecule has 0 saturated heterocycles. The fourth-order valence-electron chi connectivity index (χ4n) is 1.48. The Kier molecular flexibility index (Phi) is 3.77. The average molecular weight is 267 g/mol. The van der Waals surface area contributed by atoms with Crippen molar-refractivity contribution in [3.05, 3.63) is 58.1 Å². The molecule has 0 heterocycles. The summed E-state index contributed by atoms with van der Waals surface area (Å²) in [5, 5.41) is 4.63. The van der Waals surface area contributed by atoms with Crippen LogP contribution in [0.2, 0.25) is 10.0 Å². The summed E-state index contributed by atoms with van der Waals surface area (Å²) in [5.74, 6) is 0. The van der Waals surface area contributed by atoms with Gasteiger partial charge in [0.25, 0.3) is 0 Å². The van der Waals surface area contributed by atoms with E-state index in [9.17, 15) is 0 Å². The molecule has 0 amide bonds. The molecule has 0 atom stereocenters. The van der Waals surface area contributed by atoms with Crippen LogP contribution in [0.25, 0.3) is 0 Å². The van der Waals surface area contributed by atoms with Crippen LogP contribution in [0.1, 0.15) is 5.56 Å². The number of benzene rings is 2. The Morgan fingerprint density at radius 1 is 1.00 bits per heavy atom. The zero-order chi connectivity index (χ0) is 12.3. The van der Waals surface area contributed by atoms with Gasteiger partial charge in [-0.05, 0) is 35.9 Å². The van der Waals surface area contributed by atoms with Crippen molar-refractivity contribution in [1.82, 2.24) is 0 Å². The Balaban J connectivity index is 2.07. The average Bonchev–Trinajstić information content (AvgIpc) is 2.32. The Morgan fingerprint density at radius 2 is 1.71 bits per heavy atom. The Bertz CT molecular complexity index is 509. The van der Waals surface area contributed by atoms with Gasteiger partial charge in [0.1, 0.15) is 0 Å². The second kappa shape index (κ2) is 5.30. The van der Waals surface area contributed by atoms with Gasteiger partial charge in [0.2, 0.25) is 0 Å². The summed E-state index contributed by atoms with van der Waals surface area (Å²) in [6.07, 6.45) is 0. The third-order valence-electron chi connectivity index (χ3n) is 2.39. The van der Waals surface area contributed by atoms with Crippen LogP contribution in [0.4, 0.5) is 11.4 Å². The van der Waals surface area contributed by atoms with Crippen LogP contribution in [0.5, 0.6) is 0 Å².